The van der Waals surface area contributed by atoms with Crippen LogP contribution in [-0.2, 0) is 5.88 Å². The van der Waals surface area contributed by atoms with Crippen LogP contribution in [0.15, 0.2) is 36.4 Å². The van der Waals surface area contributed by atoms with E-state index in [9.17, 15) is 14.5 Å². The van der Waals surface area contributed by atoms with Gasteiger partial charge in [0.05, 0.1) is 11.0 Å². The maximum absolute atomic E-state index is 13.7. The zero-order chi connectivity index (χ0) is 14.7. The zero-order valence-electron chi connectivity index (χ0n) is 10.6. The molecule has 0 aliphatic rings. The molecule has 0 unspecified atom stereocenters. The molecule has 0 N–H and O–H groups in total. The fraction of sp³-hybridized carbons (Fsp3) is 0.143. The maximum Gasteiger partial charge on any atom is 0.272 e. The lowest BCUT2D eigenvalue weighted by molar-refractivity contribution is -0.385. The molecule has 0 atom stereocenters. The summed E-state index contributed by atoms with van der Waals surface area (Å²) in [6.45, 7) is 1.87. The summed E-state index contributed by atoms with van der Waals surface area (Å²) in [5, 5.41) is 10.5. The van der Waals surface area contributed by atoms with E-state index in [0.29, 0.717) is 11.6 Å². The number of ether oxygens (including phenoxy) is 1. The summed E-state index contributed by atoms with van der Waals surface area (Å²) in [7, 11) is 0. The van der Waals surface area contributed by atoms with E-state index in [-0.39, 0.29) is 11.4 Å². The number of rotatable bonds is 4. The molecule has 0 amide bonds. The number of hydrogen-bond donors (Lipinski definition) is 0. The van der Waals surface area contributed by atoms with E-state index in [1.165, 1.54) is 12.1 Å². The van der Waals surface area contributed by atoms with Gasteiger partial charge in [-0.3, -0.25) is 10.1 Å². The highest BCUT2D eigenvalue weighted by atomic mass is 35.5. The minimum atomic E-state index is -0.779. The topological polar surface area (TPSA) is 52.4 Å². The minimum absolute atomic E-state index is 0.0615. The number of nitro benzene ring substituents is 1. The van der Waals surface area contributed by atoms with Crippen LogP contribution in [-0.4, -0.2) is 4.92 Å². The van der Waals surface area contributed by atoms with Crippen LogP contribution < -0.4 is 4.74 Å². The van der Waals surface area contributed by atoms with Gasteiger partial charge in [0.2, 0.25) is 0 Å². The van der Waals surface area contributed by atoms with Gasteiger partial charge in [-0.15, -0.1) is 11.6 Å². The van der Waals surface area contributed by atoms with Crippen LogP contribution in [0.1, 0.15) is 11.1 Å². The molecule has 0 saturated carbocycles. The predicted molar refractivity (Wildman–Crippen MR) is 73.9 cm³/mol. The molecule has 0 aliphatic carbocycles. The second-order valence-corrected chi connectivity index (χ2v) is 4.46. The lowest BCUT2D eigenvalue weighted by Crippen LogP contribution is -1.93. The van der Waals surface area contributed by atoms with Gasteiger partial charge in [0.25, 0.3) is 5.69 Å². The van der Waals surface area contributed by atoms with Crippen molar-refractivity contribution in [2.75, 3.05) is 0 Å². The van der Waals surface area contributed by atoms with Crippen LogP contribution >= 0.6 is 11.6 Å². The molecule has 104 valence electrons. The fourth-order valence-electron chi connectivity index (χ4n) is 1.69. The van der Waals surface area contributed by atoms with E-state index in [0.717, 1.165) is 17.2 Å². The molecule has 0 radical (unpaired) electrons. The first-order chi connectivity index (χ1) is 9.51. The molecular formula is C14H11ClFNO3. The third-order valence-electron chi connectivity index (χ3n) is 2.81. The summed E-state index contributed by atoms with van der Waals surface area (Å²) >= 11 is 5.75. The SMILES string of the molecule is Cc1cc(Oc2ccc([N+](=O)[O-])cc2F)ccc1CCl. The van der Waals surface area contributed by atoms with E-state index in [2.05, 4.69) is 0 Å². The first-order valence-electron chi connectivity index (χ1n) is 5.78. The summed E-state index contributed by atoms with van der Waals surface area (Å²) in [6, 6.07) is 8.46. The number of benzene rings is 2. The van der Waals surface area contributed by atoms with Gasteiger partial charge in [0.15, 0.2) is 11.6 Å². The molecule has 4 nitrogen and oxygen atoms in total. The van der Waals surface area contributed by atoms with Crippen molar-refractivity contribution >= 4 is 17.3 Å². The maximum atomic E-state index is 13.7. The normalized spacial score (nSPS) is 10.3. The Morgan fingerprint density at radius 3 is 2.60 bits per heavy atom. The van der Waals surface area contributed by atoms with Crippen LogP contribution in [0, 0.1) is 22.9 Å². The number of hydrogen-bond acceptors (Lipinski definition) is 3. The highest BCUT2D eigenvalue weighted by Gasteiger charge is 2.12. The Balaban J connectivity index is 2.26. The molecule has 0 heterocycles. The van der Waals surface area contributed by atoms with Crippen LogP contribution in [0.25, 0.3) is 0 Å². The molecule has 0 aliphatic heterocycles. The van der Waals surface area contributed by atoms with E-state index in [1.807, 2.05) is 6.92 Å². The average Bonchev–Trinajstić information content (AvgIpc) is 2.41. The minimum Gasteiger partial charge on any atom is -0.454 e. The summed E-state index contributed by atoms with van der Waals surface area (Å²) in [5.74, 6) is -0.00567. The van der Waals surface area contributed by atoms with Gasteiger partial charge in [-0.2, -0.15) is 0 Å². The van der Waals surface area contributed by atoms with Gasteiger partial charge in [0, 0.05) is 11.9 Å². The first-order valence-corrected chi connectivity index (χ1v) is 6.32. The molecule has 2 aromatic carbocycles. The Bertz CT molecular complexity index is 661. The number of non-ortho nitro benzene ring substituents is 1. The number of halogens is 2. The molecular weight excluding hydrogens is 285 g/mol. The fourth-order valence-corrected chi connectivity index (χ4v) is 1.99. The van der Waals surface area contributed by atoms with Crippen LogP contribution in [0.4, 0.5) is 10.1 Å². The van der Waals surface area contributed by atoms with Crippen LogP contribution in [0.5, 0.6) is 11.5 Å². The summed E-state index contributed by atoms with van der Waals surface area (Å²) < 4.78 is 19.1. The quantitative estimate of drug-likeness (QED) is 0.471. The predicted octanol–water partition coefficient (Wildman–Crippen LogP) is 4.57. The Morgan fingerprint density at radius 1 is 1.30 bits per heavy atom. The Kier molecular flexibility index (Phi) is 4.20. The van der Waals surface area contributed by atoms with Crippen molar-refractivity contribution in [3.05, 3.63) is 63.5 Å². The standard InChI is InChI=1S/C14H11ClFNO3/c1-9-6-12(4-2-10(9)8-15)20-14-5-3-11(17(18)19)7-13(14)16/h2-7H,8H2,1H3. The summed E-state index contributed by atoms with van der Waals surface area (Å²) in [4.78, 5) is 9.86. The lowest BCUT2D eigenvalue weighted by atomic mass is 10.1. The zero-order valence-corrected chi connectivity index (χ0v) is 11.4. The third kappa shape index (κ3) is 3.05. The molecule has 0 aromatic heterocycles. The van der Waals surface area contributed by atoms with E-state index in [4.69, 9.17) is 16.3 Å². The molecule has 0 spiro atoms. The van der Waals surface area contributed by atoms with Crippen molar-refractivity contribution < 1.29 is 14.1 Å². The molecule has 6 heteroatoms. The number of nitrogens with zero attached hydrogens (tertiary/aromatic N) is 1. The highest BCUT2D eigenvalue weighted by molar-refractivity contribution is 6.17. The van der Waals surface area contributed by atoms with E-state index < -0.39 is 10.7 Å². The van der Waals surface area contributed by atoms with Crippen LogP contribution in [0.3, 0.4) is 0 Å². The lowest BCUT2D eigenvalue weighted by Gasteiger charge is -2.09. The molecule has 0 fully saturated rings. The van der Waals surface area contributed by atoms with Crippen molar-refractivity contribution in [1.82, 2.24) is 0 Å². The van der Waals surface area contributed by atoms with Gasteiger partial charge < -0.3 is 4.74 Å². The molecule has 0 bridgehead atoms. The van der Waals surface area contributed by atoms with Crippen molar-refractivity contribution in [3.63, 3.8) is 0 Å². The van der Waals surface area contributed by atoms with Gasteiger partial charge in [-0.25, -0.2) is 4.39 Å². The van der Waals surface area contributed by atoms with Gasteiger partial charge in [0.1, 0.15) is 5.75 Å². The molecule has 2 aromatic rings. The summed E-state index contributed by atoms with van der Waals surface area (Å²) in [6.07, 6.45) is 0. The smallest absolute Gasteiger partial charge is 0.272 e. The van der Waals surface area contributed by atoms with Gasteiger partial charge in [-0.05, 0) is 36.2 Å². The largest absolute Gasteiger partial charge is 0.454 e. The second-order valence-electron chi connectivity index (χ2n) is 4.20. The Morgan fingerprint density at radius 2 is 2.05 bits per heavy atom. The highest BCUT2D eigenvalue weighted by Crippen LogP contribution is 2.28. The monoisotopic (exact) mass is 295 g/mol. The van der Waals surface area contributed by atoms with Crippen molar-refractivity contribution in [2.24, 2.45) is 0 Å². The first kappa shape index (κ1) is 14.3. The Hall–Kier alpha value is -2.14. The number of alkyl halides is 1. The molecule has 20 heavy (non-hydrogen) atoms. The van der Waals surface area contributed by atoms with E-state index in [1.54, 1.807) is 18.2 Å². The average molecular weight is 296 g/mol. The number of nitro groups is 1. The number of aryl methyl sites for hydroxylation is 1. The second kappa shape index (κ2) is 5.88. The van der Waals surface area contributed by atoms with Crippen molar-refractivity contribution in [3.8, 4) is 11.5 Å². The van der Waals surface area contributed by atoms with Gasteiger partial charge in [-0.1, -0.05) is 6.07 Å². The van der Waals surface area contributed by atoms with Gasteiger partial charge >= 0.3 is 0 Å². The van der Waals surface area contributed by atoms with Crippen molar-refractivity contribution in [2.45, 2.75) is 12.8 Å². The summed E-state index contributed by atoms with van der Waals surface area (Å²) in [5.41, 5.74) is 1.58. The molecule has 0 saturated heterocycles. The molecule has 2 rings (SSSR count). The Labute approximate surface area is 119 Å². The third-order valence-corrected chi connectivity index (χ3v) is 3.10. The van der Waals surface area contributed by atoms with Crippen molar-refractivity contribution in [1.29, 1.82) is 0 Å². The van der Waals surface area contributed by atoms with Crippen LogP contribution in [0.2, 0.25) is 0 Å². The van der Waals surface area contributed by atoms with E-state index >= 15 is 0 Å².